The first kappa shape index (κ1) is 14.2. The minimum atomic E-state index is 0.567. The zero-order valence-electron chi connectivity index (χ0n) is 12.3. The van der Waals surface area contributed by atoms with Crippen molar-refractivity contribution in [3.05, 3.63) is 53.7 Å². The summed E-state index contributed by atoms with van der Waals surface area (Å²) in [5, 5.41) is 0. The van der Waals surface area contributed by atoms with Gasteiger partial charge in [-0.1, -0.05) is 23.8 Å². The van der Waals surface area contributed by atoms with E-state index in [-0.39, 0.29) is 0 Å². The maximum absolute atomic E-state index is 6.10. The first-order chi connectivity index (χ1) is 10.3. The van der Waals surface area contributed by atoms with Gasteiger partial charge >= 0.3 is 0 Å². The van der Waals surface area contributed by atoms with Crippen LogP contribution in [0.15, 0.2) is 42.6 Å². The molecule has 2 aromatic rings. The van der Waals surface area contributed by atoms with E-state index < -0.39 is 0 Å². The van der Waals surface area contributed by atoms with Gasteiger partial charge in [-0.2, -0.15) is 0 Å². The molecule has 0 atom stereocenters. The van der Waals surface area contributed by atoms with Crippen LogP contribution in [0.4, 0.5) is 11.5 Å². The highest BCUT2D eigenvalue weighted by atomic mass is 35.5. The van der Waals surface area contributed by atoms with Crippen LogP contribution in [0.5, 0.6) is 0 Å². The molecule has 1 fully saturated rings. The number of hydrogen-bond acceptors (Lipinski definition) is 3. The van der Waals surface area contributed by atoms with E-state index in [1.54, 1.807) is 0 Å². The molecule has 1 aliphatic rings. The fourth-order valence-corrected chi connectivity index (χ4v) is 3.06. The number of halogens is 1. The van der Waals surface area contributed by atoms with Gasteiger partial charge in [0.15, 0.2) is 0 Å². The van der Waals surface area contributed by atoms with E-state index in [0.717, 1.165) is 32.0 Å². The summed E-state index contributed by atoms with van der Waals surface area (Å²) in [5.74, 6) is 1.64. The molecule has 0 spiro atoms. The van der Waals surface area contributed by atoms with Crippen molar-refractivity contribution >= 4 is 23.1 Å². The summed E-state index contributed by atoms with van der Waals surface area (Å²) >= 11 is 6.10. The normalized spacial score (nSPS) is 15.3. The van der Waals surface area contributed by atoms with E-state index in [4.69, 9.17) is 11.6 Å². The Morgan fingerprint density at radius 1 is 1.05 bits per heavy atom. The molecule has 0 aliphatic carbocycles. The van der Waals surface area contributed by atoms with Crippen LogP contribution >= 0.6 is 11.6 Å². The van der Waals surface area contributed by atoms with Crippen LogP contribution in [-0.2, 0) is 5.88 Å². The van der Waals surface area contributed by atoms with Crippen LogP contribution < -0.4 is 9.80 Å². The smallest absolute Gasteiger partial charge is 0.128 e. The Kier molecular flexibility index (Phi) is 4.30. The molecule has 0 bridgehead atoms. The Hall–Kier alpha value is -1.74. The van der Waals surface area contributed by atoms with Crippen molar-refractivity contribution in [2.24, 2.45) is 0 Å². The molecule has 1 aliphatic heterocycles. The highest BCUT2D eigenvalue weighted by Crippen LogP contribution is 2.25. The lowest BCUT2D eigenvalue weighted by Gasteiger charge is -2.37. The Morgan fingerprint density at radius 2 is 1.81 bits per heavy atom. The Labute approximate surface area is 131 Å². The van der Waals surface area contributed by atoms with Crippen molar-refractivity contribution < 1.29 is 0 Å². The van der Waals surface area contributed by atoms with Crippen LogP contribution in [-0.4, -0.2) is 31.2 Å². The summed E-state index contributed by atoms with van der Waals surface area (Å²) in [4.78, 5) is 9.20. The molecule has 1 aromatic carbocycles. The van der Waals surface area contributed by atoms with Crippen LogP contribution in [0.1, 0.15) is 11.1 Å². The molecule has 0 unspecified atom stereocenters. The van der Waals surface area contributed by atoms with Gasteiger partial charge in [-0.3, -0.25) is 0 Å². The first-order valence-electron chi connectivity index (χ1n) is 7.34. The monoisotopic (exact) mass is 301 g/mol. The number of aromatic nitrogens is 1. The summed E-state index contributed by atoms with van der Waals surface area (Å²) < 4.78 is 0. The van der Waals surface area contributed by atoms with E-state index in [0.29, 0.717) is 5.88 Å². The molecular formula is C17H20ClN3. The number of aryl methyl sites for hydroxylation is 1. The topological polar surface area (TPSA) is 19.4 Å². The number of alkyl halides is 1. The third-order valence-corrected chi connectivity index (χ3v) is 4.26. The molecule has 110 valence electrons. The van der Waals surface area contributed by atoms with Gasteiger partial charge in [0.25, 0.3) is 0 Å². The lowest BCUT2D eigenvalue weighted by atomic mass is 10.1. The highest BCUT2D eigenvalue weighted by Gasteiger charge is 2.19. The summed E-state index contributed by atoms with van der Waals surface area (Å²) in [6, 6.07) is 12.6. The van der Waals surface area contributed by atoms with Gasteiger partial charge in [0.1, 0.15) is 5.82 Å². The van der Waals surface area contributed by atoms with Crippen molar-refractivity contribution in [2.75, 3.05) is 36.0 Å². The van der Waals surface area contributed by atoms with E-state index in [9.17, 15) is 0 Å². The standard InChI is InChI=1S/C17H20ClN3/c1-14-5-6-16(15(12-14)13-18)20-8-10-21(11-9-20)17-4-2-3-7-19-17/h2-7,12H,8-11,13H2,1H3. The second kappa shape index (κ2) is 6.35. The number of anilines is 2. The van der Waals surface area contributed by atoms with Gasteiger partial charge < -0.3 is 9.80 Å². The van der Waals surface area contributed by atoms with Crippen molar-refractivity contribution in [2.45, 2.75) is 12.8 Å². The lowest BCUT2D eigenvalue weighted by Crippen LogP contribution is -2.47. The van der Waals surface area contributed by atoms with Gasteiger partial charge in [0, 0.05) is 43.9 Å². The number of rotatable bonds is 3. The highest BCUT2D eigenvalue weighted by molar-refractivity contribution is 6.17. The lowest BCUT2D eigenvalue weighted by molar-refractivity contribution is 0.646. The van der Waals surface area contributed by atoms with Crippen molar-refractivity contribution in [3.8, 4) is 0 Å². The number of pyridine rings is 1. The molecule has 0 saturated carbocycles. The second-order valence-corrected chi connectivity index (χ2v) is 5.70. The van der Waals surface area contributed by atoms with Gasteiger partial charge in [-0.05, 0) is 30.7 Å². The average molecular weight is 302 g/mol. The summed E-state index contributed by atoms with van der Waals surface area (Å²) in [6.45, 7) is 6.10. The molecule has 21 heavy (non-hydrogen) atoms. The van der Waals surface area contributed by atoms with Crippen molar-refractivity contribution in [3.63, 3.8) is 0 Å². The van der Waals surface area contributed by atoms with Gasteiger partial charge in [0.2, 0.25) is 0 Å². The molecule has 0 radical (unpaired) electrons. The fraction of sp³-hybridized carbons (Fsp3) is 0.353. The SMILES string of the molecule is Cc1ccc(N2CCN(c3ccccn3)CC2)c(CCl)c1. The minimum Gasteiger partial charge on any atom is -0.368 e. The van der Waals surface area contributed by atoms with Gasteiger partial charge in [0.05, 0.1) is 0 Å². The van der Waals surface area contributed by atoms with Gasteiger partial charge in [-0.25, -0.2) is 4.98 Å². The maximum Gasteiger partial charge on any atom is 0.128 e. The predicted octanol–water partition coefficient (Wildman–Crippen LogP) is 3.46. The molecule has 1 saturated heterocycles. The summed E-state index contributed by atoms with van der Waals surface area (Å²) in [6.07, 6.45) is 1.85. The zero-order chi connectivity index (χ0) is 14.7. The quantitative estimate of drug-likeness (QED) is 0.810. The Bertz CT molecular complexity index is 592. The number of benzene rings is 1. The molecule has 3 nitrogen and oxygen atoms in total. The predicted molar refractivity (Wildman–Crippen MR) is 89.4 cm³/mol. The minimum absolute atomic E-state index is 0.567. The molecular weight excluding hydrogens is 282 g/mol. The largest absolute Gasteiger partial charge is 0.368 e. The van der Waals surface area contributed by atoms with Crippen LogP contribution in [0.3, 0.4) is 0 Å². The van der Waals surface area contributed by atoms with Crippen LogP contribution in [0, 0.1) is 6.92 Å². The van der Waals surface area contributed by atoms with Crippen molar-refractivity contribution in [1.29, 1.82) is 0 Å². The van der Waals surface area contributed by atoms with E-state index in [1.807, 2.05) is 18.3 Å². The average Bonchev–Trinajstić information content (AvgIpc) is 2.56. The van der Waals surface area contributed by atoms with Crippen molar-refractivity contribution in [1.82, 2.24) is 4.98 Å². The van der Waals surface area contributed by atoms with Gasteiger partial charge in [-0.15, -0.1) is 11.6 Å². The Morgan fingerprint density at radius 3 is 2.48 bits per heavy atom. The number of nitrogens with zero attached hydrogens (tertiary/aromatic N) is 3. The molecule has 0 N–H and O–H groups in total. The summed E-state index contributed by atoms with van der Waals surface area (Å²) in [7, 11) is 0. The number of piperazine rings is 1. The molecule has 4 heteroatoms. The second-order valence-electron chi connectivity index (χ2n) is 5.43. The third kappa shape index (κ3) is 3.13. The van der Waals surface area contributed by atoms with E-state index >= 15 is 0 Å². The summed E-state index contributed by atoms with van der Waals surface area (Å²) in [5.41, 5.74) is 3.76. The molecule has 0 amide bonds. The van der Waals surface area contributed by atoms with E-state index in [2.05, 4.69) is 46.0 Å². The third-order valence-electron chi connectivity index (χ3n) is 3.97. The first-order valence-corrected chi connectivity index (χ1v) is 7.88. The zero-order valence-corrected chi connectivity index (χ0v) is 13.1. The van der Waals surface area contributed by atoms with E-state index in [1.165, 1.54) is 16.8 Å². The van der Waals surface area contributed by atoms with Crippen LogP contribution in [0.2, 0.25) is 0 Å². The van der Waals surface area contributed by atoms with Crippen LogP contribution in [0.25, 0.3) is 0 Å². The molecule has 3 rings (SSSR count). The molecule has 2 heterocycles. The Balaban J connectivity index is 1.71. The maximum atomic E-state index is 6.10. The molecule has 1 aromatic heterocycles. The fourth-order valence-electron chi connectivity index (χ4n) is 2.85. The number of hydrogen-bond donors (Lipinski definition) is 0.